The number of rotatable bonds is 5. The number of aromatic nitrogens is 1. The minimum absolute atomic E-state index is 0.300. The van der Waals surface area contributed by atoms with Gasteiger partial charge in [-0.05, 0) is 13.3 Å². The zero-order valence-electron chi connectivity index (χ0n) is 8.12. The molecule has 1 aromatic heterocycles. The van der Waals surface area contributed by atoms with Crippen molar-refractivity contribution in [2.75, 3.05) is 5.75 Å². The van der Waals surface area contributed by atoms with Crippen molar-refractivity contribution in [1.82, 2.24) is 5.16 Å². The normalized spacial score (nSPS) is 13.2. The predicted molar refractivity (Wildman–Crippen MR) is 55.7 cm³/mol. The fraction of sp³-hybridized carbons (Fsp3) is 0.667. The minimum Gasteiger partial charge on any atom is -0.360 e. The molecule has 13 heavy (non-hydrogen) atoms. The van der Waals surface area contributed by atoms with E-state index in [1.807, 2.05) is 13.0 Å². The molecule has 0 amide bonds. The molecular formula is C9H16N2OS. The molecule has 0 aliphatic heterocycles. The third-order valence-electron chi connectivity index (χ3n) is 1.78. The van der Waals surface area contributed by atoms with Gasteiger partial charge in [0, 0.05) is 17.9 Å². The van der Waals surface area contributed by atoms with E-state index in [1.165, 1.54) is 0 Å². The van der Waals surface area contributed by atoms with E-state index in [2.05, 4.69) is 12.1 Å². The van der Waals surface area contributed by atoms with Crippen LogP contribution in [0.4, 0.5) is 0 Å². The van der Waals surface area contributed by atoms with E-state index in [0.717, 1.165) is 29.4 Å². The third-order valence-corrected chi connectivity index (χ3v) is 2.93. The van der Waals surface area contributed by atoms with Crippen molar-refractivity contribution in [3.63, 3.8) is 0 Å². The molecule has 0 aromatic carbocycles. The monoisotopic (exact) mass is 200 g/mol. The van der Waals surface area contributed by atoms with Crippen molar-refractivity contribution in [3.05, 3.63) is 17.5 Å². The first-order valence-corrected chi connectivity index (χ1v) is 5.63. The van der Waals surface area contributed by atoms with Gasteiger partial charge in [-0.3, -0.25) is 0 Å². The van der Waals surface area contributed by atoms with Crippen LogP contribution in [0.3, 0.4) is 0 Å². The van der Waals surface area contributed by atoms with Crippen molar-refractivity contribution in [2.45, 2.75) is 32.1 Å². The highest BCUT2D eigenvalue weighted by atomic mass is 32.2. The topological polar surface area (TPSA) is 52.0 Å². The van der Waals surface area contributed by atoms with Gasteiger partial charge in [-0.15, -0.1) is 0 Å². The lowest BCUT2D eigenvalue weighted by molar-refractivity contribution is 0.391. The van der Waals surface area contributed by atoms with Crippen LogP contribution in [-0.2, 0) is 5.75 Å². The van der Waals surface area contributed by atoms with Gasteiger partial charge in [0.1, 0.15) is 5.76 Å². The van der Waals surface area contributed by atoms with Gasteiger partial charge in [0.05, 0.1) is 11.4 Å². The Morgan fingerprint density at radius 3 is 3.00 bits per heavy atom. The lowest BCUT2D eigenvalue weighted by Gasteiger charge is -2.05. The summed E-state index contributed by atoms with van der Waals surface area (Å²) in [6.07, 6.45) is 1.03. The number of nitrogens with two attached hydrogens (primary N) is 1. The first-order chi connectivity index (χ1) is 6.22. The number of nitrogens with zero attached hydrogens (tertiary/aromatic N) is 1. The van der Waals surface area contributed by atoms with Crippen LogP contribution in [-0.4, -0.2) is 17.0 Å². The maximum Gasteiger partial charge on any atom is 0.146 e. The second kappa shape index (κ2) is 5.29. The predicted octanol–water partition coefficient (Wildman–Crippen LogP) is 1.95. The largest absolute Gasteiger partial charge is 0.360 e. The van der Waals surface area contributed by atoms with Crippen LogP contribution in [0.25, 0.3) is 0 Å². The van der Waals surface area contributed by atoms with Crippen LogP contribution in [0.2, 0.25) is 0 Å². The van der Waals surface area contributed by atoms with Gasteiger partial charge in [-0.1, -0.05) is 12.1 Å². The molecule has 0 spiro atoms. The Morgan fingerprint density at radius 1 is 1.69 bits per heavy atom. The average molecular weight is 200 g/mol. The van der Waals surface area contributed by atoms with Crippen molar-refractivity contribution in [1.29, 1.82) is 0 Å². The van der Waals surface area contributed by atoms with Crippen molar-refractivity contribution in [2.24, 2.45) is 5.73 Å². The van der Waals surface area contributed by atoms with Crippen LogP contribution in [0.5, 0.6) is 0 Å². The molecule has 2 N–H and O–H groups in total. The first-order valence-electron chi connectivity index (χ1n) is 4.48. The number of aryl methyl sites for hydroxylation is 1. The average Bonchev–Trinajstić information content (AvgIpc) is 2.51. The number of hydrogen-bond acceptors (Lipinski definition) is 4. The van der Waals surface area contributed by atoms with E-state index in [-0.39, 0.29) is 0 Å². The summed E-state index contributed by atoms with van der Waals surface area (Å²) in [6.45, 7) is 4.03. The maximum atomic E-state index is 5.78. The molecule has 1 heterocycles. The molecule has 0 fully saturated rings. The summed E-state index contributed by atoms with van der Waals surface area (Å²) in [6, 6.07) is 2.26. The van der Waals surface area contributed by atoms with Crippen molar-refractivity contribution >= 4 is 11.8 Å². The molecular weight excluding hydrogens is 184 g/mol. The Hall–Kier alpha value is -0.480. The van der Waals surface area contributed by atoms with E-state index < -0.39 is 0 Å². The summed E-state index contributed by atoms with van der Waals surface area (Å²) >= 11 is 1.79. The minimum atomic E-state index is 0.300. The standard InChI is InChI=1S/C9H16N2OS/c1-3-8(10)5-13-6-9-4-7(2)11-12-9/h4,8H,3,5-6,10H2,1-2H3. The quantitative estimate of drug-likeness (QED) is 0.789. The van der Waals surface area contributed by atoms with Gasteiger partial charge in [-0.25, -0.2) is 0 Å². The second-order valence-corrected chi connectivity index (χ2v) is 4.15. The van der Waals surface area contributed by atoms with Crippen LogP contribution in [0.1, 0.15) is 24.8 Å². The summed E-state index contributed by atoms with van der Waals surface area (Å²) in [5.74, 6) is 2.79. The Morgan fingerprint density at radius 2 is 2.46 bits per heavy atom. The smallest absolute Gasteiger partial charge is 0.146 e. The molecule has 0 aliphatic carbocycles. The van der Waals surface area contributed by atoms with Gasteiger partial charge in [0.2, 0.25) is 0 Å². The third kappa shape index (κ3) is 3.83. The highest BCUT2D eigenvalue weighted by Crippen LogP contribution is 2.13. The molecule has 1 atom stereocenters. The summed E-state index contributed by atoms with van der Waals surface area (Å²) < 4.78 is 5.07. The molecule has 0 radical (unpaired) electrons. The molecule has 1 aromatic rings. The first kappa shape index (κ1) is 10.6. The van der Waals surface area contributed by atoms with Crippen LogP contribution < -0.4 is 5.73 Å². The summed E-state index contributed by atoms with van der Waals surface area (Å²) in [7, 11) is 0. The molecule has 0 saturated heterocycles. The van der Waals surface area contributed by atoms with Gasteiger partial charge in [-0.2, -0.15) is 11.8 Å². The van der Waals surface area contributed by atoms with E-state index in [9.17, 15) is 0 Å². The zero-order chi connectivity index (χ0) is 9.68. The van der Waals surface area contributed by atoms with Crippen molar-refractivity contribution in [3.8, 4) is 0 Å². The molecule has 1 unspecified atom stereocenters. The Labute approximate surface area is 83.0 Å². The molecule has 74 valence electrons. The molecule has 0 saturated carbocycles. The molecule has 0 aliphatic rings. The fourth-order valence-electron chi connectivity index (χ4n) is 0.913. The second-order valence-electron chi connectivity index (χ2n) is 3.12. The Balaban J connectivity index is 2.20. The van der Waals surface area contributed by atoms with E-state index >= 15 is 0 Å². The highest BCUT2D eigenvalue weighted by molar-refractivity contribution is 7.98. The van der Waals surface area contributed by atoms with E-state index in [1.54, 1.807) is 11.8 Å². The molecule has 4 heteroatoms. The van der Waals surface area contributed by atoms with Gasteiger partial charge >= 0.3 is 0 Å². The summed E-state index contributed by atoms with van der Waals surface area (Å²) in [5.41, 5.74) is 6.72. The van der Waals surface area contributed by atoms with Gasteiger partial charge < -0.3 is 10.3 Å². The lowest BCUT2D eigenvalue weighted by atomic mass is 10.3. The number of thioether (sulfide) groups is 1. The van der Waals surface area contributed by atoms with Crippen LogP contribution in [0, 0.1) is 6.92 Å². The summed E-state index contributed by atoms with van der Waals surface area (Å²) in [4.78, 5) is 0. The maximum absolute atomic E-state index is 5.78. The fourth-order valence-corrected chi connectivity index (χ4v) is 1.91. The highest BCUT2D eigenvalue weighted by Gasteiger charge is 2.03. The molecule has 1 rings (SSSR count). The van der Waals surface area contributed by atoms with Crippen LogP contribution in [0.15, 0.2) is 10.6 Å². The molecule has 0 bridgehead atoms. The lowest BCUT2D eigenvalue weighted by Crippen LogP contribution is -2.21. The van der Waals surface area contributed by atoms with E-state index in [0.29, 0.717) is 6.04 Å². The number of hydrogen-bond donors (Lipinski definition) is 1. The molecule has 3 nitrogen and oxygen atoms in total. The van der Waals surface area contributed by atoms with Crippen molar-refractivity contribution < 1.29 is 4.52 Å². The van der Waals surface area contributed by atoms with Crippen LogP contribution >= 0.6 is 11.8 Å². The Kier molecular flexibility index (Phi) is 4.32. The zero-order valence-corrected chi connectivity index (χ0v) is 8.93. The van der Waals surface area contributed by atoms with Gasteiger partial charge in [0.15, 0.2) is 0 Å². The SMILES string of the molecule is CCC(N)CSCc1cc(C)no1. The Bertz CT molecular complexity index is 250. The summed E-state index contributed by atoms with van der Waals surface area (Å²) in [5, 5.41) is 3.81. The van der Waals surface area contributed by atoms with E-state index in [4.69, 9.17) is 10.3 Å². The van der Waals surface area contributed by atoms with Gasteiger partial charge in [0.25, 0.3) is 0 Å².